The fraction of sp³-hybridized carbons (Fsp3) is 0.192. The molecule has 3 aromatic rings. The van der Waals surface area contributed by atoms with Gasteiger partial charge in [-0.25, -0.2) is 0 Å². The predicted molar refractivity (Wildman–Crippen MR) is 125 cm³/mol. The number of fused-ring (bicyclic) bond motifs is 1. The number of carbonyl (C=O) groups is 1. The van der Waals surface area contributed by atoms with Crippen LogP contribution in [0.3, 0.4) is 0 Å². The molecule has 0 unspecified atom stereocenters. The van der Waals surface area contributed by atoms with E-state index in [2.05, 4.69) is 30.9 Å². The van der Waals surface area contributed by atoms with E-state index in [0.29, 0.717) is 34.5 Å². The predicted octanol–water partition coefficient (Wildman–Crippen LogP) is 6.38. The van der Waals surface area contributed by atoms with Crippen LogP contribution in [0.4, 0.5) is 5.69 Å². The maximum absolute atomic E-state index is 12.7. The van der Waals surface area contributed by atoms with E-state index in [4.69, 9.17) is 21.1 Å². The number of Topliss-reactive ketones (excluding diaryl/α,β-unsaturated/α-hetero) is 1. The molecule has 0 radical (unpaired) electrons. The molecule has 0 aromatic heterocycles. The Morgan fingerprint density at radius 1 is 1.00 bits per heavy atom. The monoisotopic (exact) mass is 433 g/mol. The van der Waals surface area contributed by atoms with Crippen molar-refractivity contribution < 1.29 is 14.3 Å². The molecule has 4 nitrogen and oxygen atoms in total. The third-order valence-corrected chi connectivity index (χ3v) is 5.68. The van der Waals surface area contributed by atoms with Gasteiger partial charge in [-0.15, -0.1) is 0 Å². The van der Waals surface area contributed by atoms with E-state index in [1.54, 1.807) is 24.3 Å². The summed E-state index contributed by atoms with van der Waals surface area (Å²) in [5.74, 6) is 1.32. The Balaban J connectivity index is 1.48. The maximum Gasteiger partial charge on any atom is 0.231 e. The zero-order valence-corrected chi connectivity index (χ0v) is 18.4. The first-order valence-electron chi connectivity index (χ1n) is 10.4. The van der Waals surface area contributed by atoms with Gasteiger partial charge in [-0.05, 0) is 55.8 Å². The van der Waals surface area contributed by atoms with Crippen LogP contribution in [0.25, 0.3) is 6.08 Å². The fourth-order valence-corrected chi connectivity index (χ4v) is 3.75. The van der Waals surface area contributed by atoms with Gasteiger partial charge < -0.3 is 14.4 Å². The van der Waals surface area contributed by atoms with Crippen LogP contribution >= 0.6 is 11.6 Å². The fourth-order valence-electron chi connectivity index (χ4n) is 3.56. The second kappa shape index (κ2) is 9.27. The third-order valence-electron chi connectivity index (χ3n) is 5.31. The molecule has 3 aromatic carbocycles. The Morgan fingerprint density at radius 2 is 1.74 bits per heavy atom. The molecule has 0 atom stereocenters. The van der Waals surface area contributed by atoms with Crippen molar-refractivity contribution in [2.75, 3.05) is 18.0 Å². The number of ether oxygens (including phenoxy) is 2. The number of anilines is 1. The van der Waals surface area contributed by atoms with Gasteiger partial charge in [0.05, 0.1) is 5.56 Å². The Kier molecular flexibility index (Phi) is 6.28. The second-order valence-corrected chi connectivity index (χ2v) is 7.65. The summed E-state index contributed by atoms with van der Waals surface area (Å²) in [5, 5.41) is 0.660. The summed E-state index contributed by atoms with van der Waals surface area (Å²) in [5.41, 5.74) is 3.52. The molecule has 5 heteroatoms. The summed E-state index contributed by atoms with van der Waals surface area (Å²) in [6, 6.07) is 20.9. The number of hydrogen-bond acceptors (Lipinski definition) is 4. The molecule has 1 heterocycles. The molecule has 0 amide bonds. The van der Waals surface area contributed by atoms with Crippen LogP contribution in [-0.2, 0) is 6.61 Å². The number of nitrogens with zero attached hydrogens (tertiary/aromatic N) is 1. The molecule has 158 valence electrons. The Hall–Kier alpha value is -3.24. The zero-order valence-electron chi connectivity index (χ0n) is 17.6. The van der Waals surface area contributed by atoms with Gasteiger partial charge in [0, 0.05) is 35.4 Å². The van der Waals surface area contributed by atoms with Gasteiger partial charge >= 0.3 is 0 Å². The van der Waals surface area contributed by atoms with E-state index >= 15 is 0 Å². The lowest BCUT2D eigenvalue weighted by Gasteiger charge is -2.20. The van der Waals surface area contributed by atoms with Gasteiger partial charge in [0.1, 0.15) is 18.1 Å². The quantitative estimate of drug-likeness (QED) is 0.405. The van der Waals surface area contributed by atoms with Crippen LogP contribution in [0.2, 0.25) is 5.02 Å². The molecule has 0 aliphatic carbocycles. The smallest absolute Gasteiger partial charge is 0.231 e. The first-order chi connectivity index (χ1) is 15.1. The van der Waals surface area contributed by atoms with Crippen molar-refractivity contribution in [3.05, 3.63) is 94.2 Å². The highest BCUT2D eigenvalue weighted by molar-refractivity contribution is 6.31. The lowest BCUT2D eigenvalue weighted by atomic mass is 10.1. The molecule has 0 fully saturated rings. The number of rotatable bonds is 7. The van der Waals surface area contributed by atoms with Gasteiger partial charge in [0.2, 0.25) is 5.78 Å². The van der Waals surface area contributed by atoms with E-state index in [-0.39, 0.29) is 5.78 Å². The lowest BCUT2D eigenvalue weighted by molar-refractivity contribution is 0.101. The summed E-state index contributed by atoms with van der Waals surface area (Å²) in [6.07, 6.45) is 1.78. The molecule has 0 saturated heterocycles. The van der Waals surface area contributed by atoms with Gasteiger partial charge in [-0.3, -0.25) is 4.79 Å². The molecule has 4 rings (SSSR count). The van der Waals surface area contributed by atoms with E-state index in [0.717, 1.165) is 29.9 Å². The number of benzene rings is 3. The van der Waals surface area contributed by atoms with Crippen LogP contribution in [0.5, 0.6) is 11.5 Å². The number of carbonyl (C=O) groups excluding carboxylic acids is 1. The highest BCUT2D eigenvalue weighted by atomic mass is 35.5. The van der Waals surface area contributed by atoms with Crippen LogP contribution < -0.4 is 14.4 Å². The first-order valence-corrected chi connectivity index (χ1v) is 10.8. The Morgan fingerprint density at radius 3 is 2.45 bits per heavy atom. The van der Waals surface area contributed by atoms with Crippen molar-refractivity contribution in [2.24, 2.45) is 0 Å². The Bertz CT molecular complexity index is 1120. The summed E-state index contributed by atoms with van der Waals surface area (Å²) < 4.78 is 11.7. The van der Waals surface area contributed by atoms with Crippen molar-refractivity contribution in [1.82, 2.24) is 0 Å². The van der Waals surface area contributed by atoms with Crippen LogP contribution in [0, 0.1) is 0 Å². The summed E-state index contributed by atoms with van der Waals surface area (Å²) in [6.45, 7) is 6.51. The maximum atomic E-state index is 12.7. The SMILES string of the molecule is CCN(CC)c1ccc(/C=C2\Oc3cc(OCc4ccccc4Cl)ccc3C2=O)cc1. The largest absolute Gasteiger partial charge is 0.489 e. The molecule has 0 saturated carbocycles. The van der Waals surface area contributed by atoms with E-state index in [1.165, 1.54) is 0 Å². The normalized spacial score (nSPS) is 13.8. The minimum atomic E-state index is -0.125. The summed E-state index contributed by atoms with van der Waals surface area (Å²) in [7, 11) is 0. The third kappa shape index (κ3) is 4.59. The standard InChI is InChI=1S/C26H24ClNO3/c1-3-28(4-2)20-11-9-18(10-12-20)15-25-26(29)22-14-13-21(16-24(22)31-25)30-17-19-7-5-6-8-23(19)27/h5-16H,3-4,17H2,1-2H3/b25-15-. The van der Waals surface area contributed by atoms with Crippen LogP contribution in [0.15, 0.2) is 72.5 Å². The highest BCUT2D eigenvalue weighted by Gasteiger charge is 2.27. The van der Waals surface area contributed by atoms with E-state index in [1.807, 2.05) is 36.4 Å². The Labute approximate surface area is 187 Å². The van der Waals surface area contributed by atoms with E-state index in [9.17, 15) is 4.79 Å². The lowest BCUT2D eigenvalue weighted by Crippen LogP contribution is -2.21. The molecule has 0 N–H and O–H groups in total. The van der Waals surface area contributed by atoms with Gasteiger partial charge in [0.15, 0.2) is 5.76 Å². The molecule has 0 bridgehead atoms. The molecule has 1 aliphatic heterocycles. The van der Waals surface area contributed by atoms with Crippen molar-refractivity contribution in [3.63, 3.8) is 0 Å². The second-order valence-electron chi connectivity index (χ2n) is 7.24. The number of halogens is 1. The van der Waals surface area contributed by atoms with Crippen molar-refractivity contribution in [3.8, 4) is 11.5 Å². The minimum absolute atomic E-state index is 0.125. The average Bonchev–Trinajstić information content (AvgIpc) is 3.09. The number of hydrogen-bond donors (Lipinski definition) is 0. The number of allylic oxidation sites excluding steroid dienone is 1. The van der Waals surface area contributed by atoms with Crippen molar-refractivity contribution in [1.29, 1.82) is 0 Å². The molecular formula is C26H24ClNO3. The first kappa shape index (κ1) is 21.0. The molecular weight excluding hydrogens is 410 g/mol. The topological polar surface area (TPSA) is 38.8 Å². The highest BCUT2D eigenvalue weighted by Crippen LogP contribution is 2.35. The van der Waals surface area contributed by atoms with Crippen molar-refractivity contribution in [2.45, 2.75) is 20.5 Å². The summed E-state index contributed by atoms with van der Waals surface area (Å²) >= 11 is 6.18. The van der Waals surface area contributed by atoms with Gasteiger partial charge in [0.25, 0.3) is 0 Å². The minimum Gasteiger partial charge on any atom is -0.489 e. The summed E-state index contributed by atoms with van der Waals surface area (Å²) in [4.78, 5) is 15.0. The van der Waals surface area contributed by atoms with Gasteiger partial charge in [-0.1, -0.05) is 41.9 Å². The average molecular weight is 434 g/mol. The van der Waals surface area contributed by atoms with Gasteiger partial charge in [-0.2, -0.15) is 0 Å². The molecule has 1 aliphatic rings. The van der Waals surface area contributed by atoms with Crippen molar-refractivity contribution >= 4 is 29.1 Å². The zero-order chi connectivity index (χ0) is 21.8. The molecule has 31 heavy (non-hydrogen) atoms. The number of ketones is 1. The molecule has 0 spiro atoms. The van der Waals surface area contributed by atoms with E-state index < -0.39 is 0 Å². The van der Waals surface area contributed by atoms with Crippen LogP contribution in [-0.4, -0.2) is 18.9 Å². The van der Waals surface area contributed by atoms with Crippen LogP contribution in [0.1, 0.15) is 35.3 Å².